The standard InChI is InChI=1S/C26H36FN3O/c1-5-23(20-10-9-13-22(27)18-20)24(19-28-2)25(31)30-16-14-26(15-17-30,29(3)4)21-11-7-6-8-12-21/h6-13,18,23-24,28H,5,14-17,19H2,1-4H3. The van der Waals surface area contributed by atoms with Crippen LogP contribution in [0.25, 0.3) is 0 Å². The van der Waals surface area contributed by atoms with Crippen LogP contribution in [-0.2, 0) is 10.3 Å². The van der Waals surface area contributed by atoms with Crippen molar-refractivity contribution in [2.24, 2.45) is 5.92 Å². The van der Waals surface area contributed by atoms with E-state index in [1.807, 2.05) is 24.1 Å². The van der Waals surface area contributed by atoms with Gasteiger partial charge in [0.2, 0.25) is 5.91 Å². The first-order valence-corrected chi connectivity index (χ1v) is 11.3. The molecule has 31 heavy (non-hydrogen) atoms. The largest absolute Gasteiger partial charge is 0.342 e. The summed E-state index contributed by atoms with van der Waals surface area (Å²) in [5, 5.41) is 3.20. The van der Waals surface area contributed by atoms with Gasteiger partial charge in [-0.05, 0) is 69.6 Å². The molecule has 1 heterocycles. The number of piperidine rings is 1. The van der Waals surface area contributed by atoms with Crippen LogP contribution < -0.4 is 5.32 Å². The van der Waals surface area contributed by atoms with Crippen LogP contribution in [0.3, 0.4) is 0 Å². The molecule has 1 aliphatic rings. The van der Waals surface area contributed by atoms with Crippen LogP contribution in [0.1, 0.15) is 43.2 Å². The second kappa shape index (κ2) is 10.4. The lowest BCUT2D eigenvalue weighted by Crippen LogP contribution is -2.53. The smallest absolute Gasteiger partial charge is 0.227 e. The fourth-order valence-electron chi connectivity index (χ4n) is 5.19. The van der Waals surface area contributed by atoms with Crippen LogP contribution >= 0.6 is 0 Å². The van der Waals surface area contributed by atoms with E-state index in [4.69, 9.17) is 0 Å². The zero-order chi connectivity index (χ0) is 22.4. The minimum atomic E-state index is -0.247. The number of nitrogens with zero attached hydrogens (tertiary/aromatic N) is 2. The highest BCUT2D eigenvalue weighted by atomic mass is 19.1. The summed E-state index contributed by atoms with van der Waals surface area (Å²) >= 11 is 0. The van der Waals surface area contributed by atoms with E-state index >= 15 is 0 Å². The topological polar surface area (TPSA) is 35.6 Å². The van der Waals surface area contributed by atoms with Crippen LogP contribution in [0.15, 0.2) is 54.6 Å². The molecule has 0 bridgehead atoms. The summed E-state index contributed by atoms with van der Waals surface area (Å²) in [7, 11) is 6.14. The molecule has 0 aliphatic carbocycles. The Labute approximate surface area is 186 Å². The maximum atomic E-state index is 13.9. The van der Waals surface area contributed by atoms with Crippen LogP contribution in [0.2, 0.25) is 0 Å². The molecule has 5 heteroatoms. The summed E-state index contributed by atoms with van der Waals surface area (Å²) in [6.07, 6.45) is 2.60. The summed E-state index contributed by atoms with van der Waals surface area (Å²) in [6.45, 7) is 4.12. The molecular formula is C26H36FN3O. The summed E-state index contributed by atoms with van der Waals surface area (Å²) in [5.74, 6) is -0.292. The van der Waals surface area contributed by atoms with Crippen LogP contribution in [-0.4, -0.2) is 56.5 Å². The van der Waals surface area contributed by atoms with Crippen molar-refractivity contribution < 1.29 is 9.18 Å². The Morgan fingerprint density at radius 2 is 1.81 bits per heavy atom. The number of hydrogen-bond donors (Lipinski definition) is 1. The highest BCUT2D eigenvalue weighted by Crippen LogP contribution is 2.38. The number of amides is 1. The zero-order valence-electron chi connectivity index (χ0n) is 19.3. The minimum Gasteiger partial charge on any atom is -0.342 e. The molecule has 1 amide bonds. The number of likely N-dealkylation sites (tertiary alicyclic amines) is 1. The second-order valence-electron chi connectivity index (χ2n) is 8.85. The summed E-state index contributed by atoms with van der Waals surface area (Å²) in [5.41, 5.74) is 2.16. The quantitative estimate of drug-likeness (QED) is 0.687. The first-order chi connectivity index (χ1) is 14.9. The Morgan fingerprint density at radius 1 is 1.13 bits per heavy atom. The lowest BCUT2D eigenvalue weighted by atomic mass is 9.78. The molecule has 4 nitrogen and oxygen atoms in total. The molecule has 0 radical (unpaired) electrons. The Bertz CT molecular complexity index is 847. The number of benzene rings is 2. The van der Waals surface area contributed by atoms with E-state index in [0.717, 1.165) is 37.9 Å². The molecule has 2 unspecified atom stereocenters. The third kappa shape index (κ3) is 4.99. The van der Waals surface area contributed by atoms with Gasteiger partial charge in [-0.1, -0.05) is 49.4 Å². The fraction of sp³-hybridized carbons (Fsp3) is 0.500. The Balaban J connectivity index is 1.79. The highest BCUT2D eigenvalue weighted by molar-refractivity contribution is 5.80. The number of carbonyl (C=O) groups excluding carboxylic acids is 1. The van der Waals surface area contributed by atoms with Gasteiger partial charge in [-0.25, -0.2) is 4.39 Å². The third-order valence-corrected chi connectivity index (χ3v) is 7.01. The summed E-state index contributed by atoms with van der Waals surface area (Å²) in [6, 6.07) is 17.3. The van der Waals surface area contributed by atoms with Crippen molar-refractivity contribution in [2.75, 3.05) is 40.8 Å². The zero-order valence-corrected chi connectivity index (χ0v) is 19.3. The molecule has 1 saturated heterocycles. The van der Waals surface area contributed by atoms with Gasteiger partial charge in [-0.3, -0.25) is 9.69 Å². The van der Waals surface area contributed by atoms with Gasteiger partial charge in [0.15, 0.2) is 0 Å². The van der Waals surface area contributed by atoms with Gasteiger partial charge >= 0.3 is 0 Å². The molecular weight excluding hydrogens is 389 g/mol. The van der Waals surface area contributed by atoms with Crippen molar-refractivity contribution in [2.45, 2.75) is 37.6 Å². The van der Waals surface area contributed by atoms with Gasteiger partial charge in [0.25, 0.3) is 0 Å². The summed E-state index contributed by atoms with van der Waals surface area (Å²) < 4.78 is 13.9. The number of rotatable bonds is 8. The van der Waals surface area contributed by atoms with E-state index in [1.165, 1.54) is 11.6 Å². The van der Waals surface area contributed by atoms with Gasteiger partial charge in [0.1, 0.15) is 5.82 Å². The van der Waals surface area contributed by atoms with Crippen LogP contribution in [0.4, 0.5) is 4.39 Å². The fourth-order valence-corrected chi connectivity index (χ4v) is 5.19. The maximum Gasteiger partial charge on any atom is 0.227 e. The number of nitrogens with one attached hydrogen (secondary N) is 1. The van der Waals surface area contributed by atoms with Gasteiger partial charge in [0, 0.05) is 25.2 Å². The second-order valence-corrected chi connectivity index (χ2v) is 8.85. The van der Waals surface area contributed by atoms with Crippen molar-refractivity contribution in [1.29, 1.82) is 0 Å². The Morgan fingerprint density at radius 3 is 2.35 bits per heavy atom. The van der Waals surface area contributed by atoms with E-state index in [0.29, 0.717) is 6.54 Å². The summed E-state index contributed by atoms with van der Waals surface area (Å²) in [4.78, 5) is 18.0. The molecule has 3 rings (SSSR count). The molecule has 2 aromatic rings. The average Bonchev–Trinajstić information content (AvgIpc) is 2.79. The van der Waals surface area contributed by atoms with Crippen molar-refractivity contribution in [3.63, 3.8) is 0 Å². The molecule has 1 fully saturated rings. The van der Waals surface area contributed by atoms with E-state index in [2.05, 4.69) is 55.5 Å². The van der Waals surface area contributed by atoms with Gasteiger partial charge in [-0.2, -0.15) is 0 Å². The molecule has 1 N–H and O–H groups in total. The number of hydrogen-bond acceptors (Lipinski definition) is 3. The van der Waals surface area contributed by atoms with Gasteiger partial charge < -0.3 is 10.2 Å². The lowest BCUT2D eigenvalue weighted by Gasteiger charge is -2.47. The first-order valence-electron chi connectivity index (χ1n) is 11.3. The van der Waals surface area contributed by atoms with Crippen molar-refractivity contribution >= 4 is 5.91 Å². The minimum absolute atomic E-state index is 0.00898. The molecule has 168 valence electrons. The highest BCUT2D eigenvalue weighted by Gasteiger charge is 2.41. The molecule has 0 spiro atoms. The molecule has 0 saturated carbocycles. The predicted octanol–water partition coefficient (Wildman–Crippen LogP) is 4.23. The first kappa shape index (κ1) is 23.4. The SMILES string of the molecule is CCC(c1cccc(F)c1)C(CNC)C(=O)N1CCC(c2ccccc2)(N(C)C)CC1. The maximum absolute atomic E-state index is 13.9. The molecule has 2 atom stereocenters. The normalized spacial score (nSPS) is 18.1. The molecule has 1 aliphatic heterocycles. The number of carbonyl (C=O) groups is 1. The van der Waals surface area contributed by atoms with Crippen LogP contribution in [0.5, 0.6) is 0 Å². The van der Waals surface area contributed by atoms with Crippen molar-refractivity contribution in [3.05, 3.63) is 71.5 Å². The average molecular weight is 426 g/mol. The lowest BCUT2D eigenvalue weighted by molar-refractivity contribution is -0.139. The predicted molar refractivity (Wildman–Crippen MR) is 124 cm³/mol. The van der Waals surface area contributed by atoms with E-state index in [-0.39, 0.29) is 29.1 Å². The number of halogens is 1. The van der Waals surface area contributed by atoms with Crippen molar-refractivity contribution in [1.82, 2.24) is 15.1 Å². The van der Waals surface area contributed by atoms with E-state index < -0.39 is 0 Å². The van der Waals surface area contributed by atoms with E-state index in [1.54, 1.807) is 12.1 Å². The monoisotopic (exact) mass is 425 g/mol. The third-order valence-electron chi connectivity index (χ3n) is 7.01. The van der Waals surface area contributed by atoms with Gasteiger partial charge in [-0.15, -0.1) is 0 Å². The molecule has 2 aromatic carbocycles. The van der Waals surface area contributed by atoms with E-state index in [9.17, 15) is 9.18 Å². The van der Waals surface area contributed by atoms with Gasteiger partial charge in [0.05, 0.1) is 5.92 Å². The molecule has 0 aromatic heterocycles. The Hall–Kier alpha value is -2.24. The van der Waals surface area contributed by atoms with Crippen LogP contribution in [0, 0.1) is 11.7 Å². The Kier molecular flexibility index (Phi) is 7.84. The van der Waals surface area contributed by atoms with Crippen molar-refractivity contribution in [3.8, 4) is 0 Å².